The Balaban J connectivity index is 1.71. The van der Waals surface area contributed by atoms with E-state index in [1.54, 1.807) is 40.7 Å². The molecule has 36 heavy (non-hydrogen) atoms. The predicted molar refractivity (Wildman–Crippen MR) is 150 cm³/mol. The number of nitrogens with zero attached hydrogens (tertiary/aromatic N) is 5. The van der Waals surface area contributed by atoms with Gasteiger partial charge in [-0.25, -0.2) is 10.4 Å². The first-order chi connectivity index (χ1) is 17.2. The van der Waals surface area contributed by atoms with Crippen molar-refractivity contribution in [1.82, 2.24) is 15.3 Å². The van der Waals surface area contributed by atoms with E-state index in [-0.39, 0.29) is 5.56 Å². The third kappa shape index (κ3) is 7.85. The predicted octanol–water partition coefficient (Wildman–Crippen LogP) is 4.34. The fourth-order valence-electron chi connectivity index (χ4n) is 3.44. The summed E-state index contributed by atoms with van der Waals surface area (Å²) >= 11 is 0. The summed E-state index contributed by atoms with van der Waals surface area (Å²) in [6.07, 6.45) is 2.21. The fraction of sp³-hybridized carbons (Fsp3) is 0.333. The molecule has 1 saturated heterocycles. The van der Waals surface area contributed by atoms with Gasteiger partial charge >= 0.3 is 0 Å². The summed E-state index contributed by atoms with van der Waals surface area (Å²) in [7, 11) is 5.76. The summed E-state index contributed by atoms with van der Waals surface area (Å²) in [6, 6.07) is 9.78. The molecule has 0 spiro atoms. The van der Waals surface area contributed by atoms with Crippen molar-refractivity contribution in [2.75, 3.05) is 38.7 Å². The highest BCUT2D eigenvalue weighted by Gasteiger charge is 2.24. The zero-order chi connectivity index (χ0) is 26.1. The molecule has 0 radical (unpaired) electrons. The number of aromatic nitrogens is 1. The van der Waals surface area contributed by atoms with E-state index >= 15 is 0 Å². The lowest BCUT2D eigenvalue weighted by Crippen LogP contribution is -2.41. The topological polar surface area (TPSA) is 86.5 Å². The summed E-state index contributed by atoms with van der Waals surface area (Å²) in [5, 5.41) is 8.16. The van der Waals surface area contributed by atoms with Crippen LogP contribution in [0.3, 0.4) is 0 Å². The number of amidine groups is 1. The van der Waals surface area contributed by atoms with Crippen molar-refractivity contribution < 1.29 is 13.5 Å². The van der Waals surface area contributed by atoms with Gasteiger partial charge in [-0.1, -0.05) is 34.9 Å². The second kappa shape index (κ2) is 12.9. The number of guanidine groups is 1. The molecule has 3 rings (SSSR count). The molecule has 2 aromatic rings. The van der Waals surface area contributed by atoms with Gasteiger partial charge in [0.15, 0.2) is 0 Å². The van der Waals surface area contributed by atoms with E-state index in [9.17, 15) is 8.78 Å². The van der Waals surface area contributed by atoms with Gasteiger partial charge in [0.2, 0.25) is 5.96 Å². The molecule has 1 aliphatic rings. The lowest BCUT2D eigenvalue weighted by molar-refractivity contribution is 0.0684. The van der Waals surface area contributed by atoms with E-state index in [1.165, 1.54) is 12.1 Å². The Bertz CT molecular complexity index is 1160. The summed E-state index contributed by atoms with van der Waals surface area (Å²) in [4.78, 5) is 15.5. The number of anilines is 2. The minimum Gasteiger partial charge on any atom is -0.378 e. The van der Waals surface area contributed by atoms with Crippen LogP contribution in [-0.2, 0) is 16.8 Å². The molecule has 12 heteroatoms. The molecule has 0 aliphatic carbocycles. The number of rotatable bonds is 7. The van der Waals surface area contributed by atoms with Crippen molar-refractivity contribution in [3.63, 3.8) is 0 Å². The number of benzene rings is 1. The van der Waals surface area contributed by atoms with Gasteiger partial charge in [-0.05, 0) is 30.7 Å². The fourth-order valence-corrected chi connectivity index (χ4v) is 3.86. The summed E-state index contributed by atoms with van der Waals surface area (Å²) in [5.74, 6) is 1.04. The van der Waals surface area contributed by atoms with Crippen molar-refractivity contribution in [1.29, 1.82) is 0 Å². The molecule has 2 unspecified atom stereocenters. The Kier molecular flexibility index (Phi) is 9.99. The molecule has 0 bridgehead atoms. The van der Waals surface area contributed by atoms with Crippen LogP contribution in [0.25, 0.3) is 0 Å². The Morgan fingerprint density at radius 1 is 1.28 bits per heavy atom. The van der Waals surface area contributed by atoms with Crippen LogP contribution in [0, 0.1) is 0 Å². The minimum atomic E-state index is -2.99. The molecule has 8 nitrogen and oxygen atoms in total. The SMILES string of the molecule is C=C(P)/C(=N\C(=NC)N/N=C/c1ccc(Nc2cccc(C(F)(F)P)c2)c(CC)n1)N1CCOCC1. The van der Waals surface area contributed by atoms with Gasteiger partial charge in [0.1, 0.15) is 5.84 Å². The number of pyridine rings is 1. The monoisotopic (exact) mass is 533 g/mol. The highest BCUT2D eigenvalue weighted by atomic mass is 31.0. The van der Waals surface area contributed by atoms with E-state index in [2.05, 4.69) is 51.5 Å². The lowest BCUT2D eigenvalue weighted by Gasteiger charge is -2.29. The van der Waals surface area contributed by atoms with E-state index in [0.29, 0.717) is 42.8 Å². The molecular weight excluding hydrogens is 502 g/mol. The number of morpholine rings is 1. The Morgan fingerprint density at radius 2 is 2.03 bits per heavy atom. The van der Waals surface area contributed by atoms with Gasteiger partial charge in [-0.2, -0.15) is 18.9 Å². The Morgan fingerprint density at radius 3 is 2.67 bits per heavy atom. The number of hydrogen-bond acceptors (Lipinski definition) is 5. The maximum atomic E-state index is 13.6. The van der Waals surface area contributed by atoms with Crippen molar-refractivity contribution in [2.45, 2.75) is 19.0 Å². The summed E-state index contributed by atoms with van der Waals surface area (Å²) in [5.41, 5.74) is 2.47. The summed E-state index contributed by atoms with van der Waals surface area (Å²) < 4.78 is 32.7. The normalized spacial score (nSPS) is 15.3. The number of ether oxygens (including phenoxy) is 1. The molecule has 1 fully saturated rings. The number of hydrazone groups is 1. The Labute approximate surface area is 214 Å². The minimum absolute atomic E-state index is 0.0867. The smallest absolute Gasteiger partial charge is 0.283 e. The second-order valence-electron chi connectivity index (χ2n) is 7.89. The first-order valence-corrected chi connectivity index (χ1v) is 12.5. The molecule has 2 heterocycles. The molecule has 1 aromatic carbocycles. The van der Waals surface area contributed by atoms with Crippen molar-refractivity contribution >= 4 is 47.9 Å². The number of alkyl halides is 2. The molecule has 1 aromatic heterocycles. The van der Waals surface area contributed by atoms with Gasteiger partial charge in [0.25, 0.3) is 5.66 Å². The zero-order valence-electron chi connectivity index (χ0n) is 20.3. The molecule has 192 valence electrons. The lowest BCUT2D eigenvalue weighted by atomic mass is 10.1. The van der Waals surface area contributed by atoms with E-state index in [1.807, 2.05) is 13.0 Å². The maximum absolute atomic E-state index is 13.6. The van der Waals surface area contributed by atoms with Crippen LogP contribution in [0.15, 0.2) is 63.4 Å². The van der Waals surface area contributed by atoms with Gasteiger partial charge in [0, 0.05) is 36.7 Å². The number of halogens is 2. The van der Waals surface area contributed by atoms with Gasteiger partial charge < -0.3 is 15.0 Å². The van der Waals surface area contributed by atoms with Crippen LogP contribution in [-0.4, -0.2) is 61.2 Å². The number of nitrogens with one attached hydrogen (secondary N) is 2. The van der Waals surface area contributed by atoms with Crippen molar-refractivity contribution in [2.24, 2.45) is 15.1 Å². The number of aliphatic imine (C=N–C) groups is 2. The standard InChI is InChI=1S/C24H31F2N7OP2/c1-4-20-21(29-18-7-5-6-17(14-18)24(25,26)36)9-8-19(30-20)15-28-32-23(27-3)31-22(16(2)35)33-10-12-34-13-11-33/h5-9,14-15,29H,2,4,10-13,35-36H2,1,3H3,(H,27,32)/b28-15+,31-22+. The van der Waals surface area contributed by atoms with Crippen LogP contribution < -0.4 is 10.7 Å². The van der Waals surface area contributed by atoms with Crippen molar-refractivity contribution in [3.8, 4) is 0 Å². The largest absolute Gasteiger partial charge is 0.378 e. The first-order valence-electron chi connectivity index (χ1n) is 11.4. The van der Waals surface area contributed by atoms with Crippen molar-refractivity contribution in [3.05, 3.63) is 65.2 Å². The number of hydrogen-bond donors (Lipinski definition) is 2. The van der Waals surface area contributed by atoms with Gasteiger partial charge in [0.05, 0.1) is 36.5 Å². The number of aryl methyl sites for hydroxylation is 1. The van der Waals surface area contributed by atoms with Gasteiger partial charge in [-0.3, -0.25) is 4.99 Å². The van der Waals surface area contributed by atoms with Crippen LogP contribution in [0.2, 0.25) is 0 Å². The maximum Gasteiger partial charge on any atom is 0.283 e. The average Bonchev–Trinajstić information content (AvgIpc) is 2.86. The quantitative estimate of drug-likeness (QED) is 0.239. The highest BCUT2D eigenvalue weighted by Crippen LogP contribution is 2.36. The third-order valence-corrected chi connectivity index (χ3v) is 5.83. The average molecular weight is 534 g/mol. The zero-order valence-corrected chi connectivity index (χ0v) is 22.6. The molecule has 2 atom stereocenters. The molecule has 0 amide bonds. The first kappa shape index (κ1) is 27.8. The van der Waals surface area contributed by atoms with Gasteiger partial charge in [-0.15, -0.1) is 9.24 Å². The van der Waals surface area contributed by atoms with Crippen LogP contribution in [0.1, 0.15) is 23.9 Å². The summed E-state index contributed by atoms with van der Waals surface area (Å²) in [6.45, 7) is 8.68. The van der Waals surface area contributed by atoms with E-state index in [4.69, 9.17) is 4.74 Å². The van der Waals surface area contributed by atoms with E-state index < -0.39 is 5.66 Å². The van der Waals surface area contributed by atoms with Crippen LogP contribution in [0.4, 0.5) is 20.2 Å². The van der Waals surface area contributed by atoms with E-state index in [0.717, 1.165) is 29.8 Å². The highest BCUT2D eigenvalue weighted by molar-refractivity contribution is 7.25. The molecule has 1 aliphatic heterocycles. The molecular formula is C24H31F2N7OP2. The van der Waals surface area contributed by atoms with Crippen LogP contribution in [0.5, 0.6) is 0 Å². The Hall–Kier alpha value is -2.80. The second-order valence-corrected chi connectivity index (χ2v) is 9.31. The molecule has 0 saturated carbocycles. The third-order valence-electron chi connectivity index (χ3n) is 5.24. The molecule has 2 N–H and O–H groups in total. The van der Waals surface area contributed by atoms with Crippen LogP contribution >= 0.6 is 18.5 Å².